The lowest BCUT2D eigenvalue weighted by Crippen LogP contribution is -2.02. The number of hydrogen-bond acceptors (Lipinski definition) is 2. The van der Waals surface area contributed by atoms with Gasteiger partial charge >= 0.3 is 5.97 Å². The van der Waals surface area contributed by atoms with Crippen molar-refractivity contribution in [3.8, 4) is 0 Å². The normalized spacial score (nSPS) is 10.8. The van der Waals surface area contributed by atoms with Crippen LogP contribution in [-0.4, -0.2) is 16.1 Å². The Hall–Kier alpha value is -1.32. The molecule has 1 aromatic heterocycles. The molecular formula is C12H9Cl2NO2. The zero-order valence-electron chi connectivity index (χ0n) is 9.00. The zero-order chi connectivity index (χ0) is 12.6. The molecule has 17 heavy (non-hydrogen) atoms. The number of pyridine rings is 1. The third-order valence-electron chi connectivity index (χ3n) is 2.39. The van der Waals surface area contributed by atoms with E-state index in [1.165, 1.54) is 0 Å². The summed E-state index contributed by atoms with van der Waals surface area (Å²) < 4.78 is 0. The molecule has 0 atom stereocenters. The number of rotatable bonds is 2. The van der Waals surface area contributed by atoms with Gasteiger partial charge in [-0.15, -0.1) is 0 Å². The van der Waals surface area contributed by atoms with E-state index in [4.69, 9.17) is 28.3 Å². The Morgan fingerprint density at radius 3 is 2.71 bits per heavy atom. The highest BCUT2D eigenvalue weighted by Crippen LogP contribution is 2.29. The SMILES string of the molecule is Cc1cc(CC(=O)O)c2cc(Cl)cc(Cl)c2n1. The highest BCUT2D eigenvalue weighted by Gasteiger charge is 2.11. The van der Waals surface area contributed by atoms with E-state index in [0.29, 0.717) is 26.5 Å². The van der Waals surface area contributed by atoms with E-state index < -0.39 is 5.97 Å². The second kappa shape index (κ2) is 4.51. The first-order chi connectivity index (χ1) is 7.97. The van der Waals surface area contributed by atoms with Crippen molar-refractivity contribution in [2.24, 2.45) is 0 Å². The van der Waals surface area contributed by atoms with Gasteiger partial charge in [-0.3, -0.25) is 9.78 Å². The number of nitrogens with zero attached hydrogens (tertiary/aromatic N) is 1. The summed E-state index contributed by atoms with van der Waals surface area (Å²) in [5, 5.41) is 10.5. The van der Waals surface area contributed by atoms with Gasteiger partial charge in [0.05, 0.1) is 17.0 Å². The van der Waals surface area contributed by atoms with Crippen LogP contribution >= 0.6 is 23.2 Å². The van der Waals surface area contributed by atoms with Crippen LogP contribution in [0.25, 0.3) is 10.9 Å². The van der Waals surface area contributed by atoms with E-state index in [1.807, 2.05) is 0 Å². The minimum Gasteiger partial charge on any atom is -0.481 e. The Morgan fingerprint density at radius 2 is 2.06 bits per heavy atom. The summed E-state index contributed by atoms with van der Waals surface area (Å²) in [5.74, 6) is -0.895. The van der Waals surface area contributed by atoms with Crippen molar-refractivity contribution in [2.45, 2.75) is 13.3 Å². The Kier molecular flexibility index (Phi) is 3.22. The van der Waals surface area contributed by atoms with Crippen molar-refractivity contribution in [1.29, 1.82) is 0 Å². The molecule has 2 rings (SSSR count). The third-order valence-corrected chi connectivity index (χ3v) is 2.89. The molecule has 88 valence electrons. The van der Waals surface area contributed by atoms with Crippen LogP contribution in [0.1, 0.15) is 11.3 Å². The zero-order valence-corrected chi connectivity index (χ0v) is 10.5. The molecule has 1 heterocycles. The van der Waals surface area contributed by atoms with Crippen molar-refractivity contribution in [3.05, 3.63) is 39.5 Å². The van der Waals surface area contributed by atoms with E-state index >= 15 is 0 Å². The molecule has 2 aromatic rings. The lowest BCUT2D eigenvalue weighted by molar-refractivity contribution is -0.136. The molecule has 0 fully saturated rings. The van der Waals surface area contributed by atoms with Gasteiger partial charge in [-0.05, 0) is 30.7 Å². The second-order valence-electron chi connectivity index (χ2n) is 3.78. The number of hydrogen-bond donors (Lipinski definition) is 1. The maximum Gasteiger partial charge on any atom is 0.307 e. The highest BCUT2D eigenvalue weighted by molar-refractivity contribution is 6.38. The van der Waals surface area contributed by atoms with Crippen LogP contribution in [-0.2, 0) is 11.2 Å². The number of aryl methyl sites for hydroxylation is 1. The molecule has 0 aliphatic rings. The van der Waals surface area contributed by atoms with E-state index in [0.717, 1.165) is 5.69 Å². The van der Waals surface area contributed by atoms with Crippen LogP contribution in [0, 0.1) is 6.92 Å². The second-order valence-corrected chi connectivity index (χ2v) is 4.62. The molecule has 0 unspecified atom stereocenters. The van der Waals surface area contributed by atoms with Crippen LogP contribution in [0.2, 0.25) is 10.0 Å². The van der Waals surface area contributed by atoms with Gasteiger partial charge in [0.25, 0.3) is 0 Å². The third kappa shape index (κ3) is 2.51. The fourth-order valence-electron chi connectivity index (χ4n) is 1.77. The predicted octanol–water partition coefficient (Wildman–Crippen LogP) is 3.48. The Morgan fingerprint density at radius 1 is 1.35 bits per heavy atom. The van der Waals surface area contributed by atoms with E-state index in [1.54, 1.807) is 25.1 Å². The summed E-state index contributed by atoms with van der Waals surface area (Å²) in [6.45, 7) is 1.80. The summed E-state index contributed by atoms with van der Waals surface area (Å²) in [4.78, 5) is 15.1. The van der Waals surface area contributed by atoms with Crippen LogP contribution < -0.4 is 0 Å². The molecule has 0 saturated heterocycles. The molecule has 0 bridgehead atoms. The van der Waals surface area contributed by atoms with Gasteiger partial charge in [0.15, 0.2) is 0 Å². The van der Waals surface area contributed by atoms with Gasteiger partial charge in [-0.25, -0.2) is 0 Å². The largest absolute Gasteiger partial charge is 0.481 e. The molecule has 5 heteroatoms. The van der Waals surface area contributed by atoms with E-state index in [2.05, 4.69) is 4.98 Å². The van der Waals surface area contributed by atoms with Crippen LogP contribution in [0.5, 0.6) is 0 Å². The fraction of sp³-hybridized carbons (Fsp3) is 0.167. The van der Waals surface area contributed by atoms with Crippen molar-refractivity contribution in [2.75, 3.05) is 0 Å². The van der Waals surface area contributed by atoms with Gasteiger partial charge in [-0.1, -0.05) is 23.2 Å². The first-order valence-corrected chi connectivity index (χ1v) is 5.70. The number of carboxylic acids is 1. The lowest BCUT2D eigenvalue weighted by atomic mass is 10.1. The highest BCUT2D eigenvalue weighted by atomic mass is 35.5. The Bertz CT molecular complexity index is 611. The predicted molar refractivity (Wildman–Crippen MR) is 67.8 cm³/mol. The number of aromatic nitrogens is 1. The van der Waals surface area contributed by atoms with Gasteiger partial charge in [0.1, 0.15) is 0 Å². The summed E-state index contributed by atoms with van der Waals surface area (Å²) in [7, 11) is 0. The number of benzene rings is 1. The van der Waals surface area contributed by atoms with Gasteiger partial charge in [0, 0.05) is 16.1 Å². The van der Waals surface area contributed by atoms with Crippen molar-refractivity contribution < 1.29 is 9.90 Å². The monoisotopic (exact) mass is 269 g/mol. The number of carboxylic acid groups (broad SMARTS) is 1. The number of aliphatic carboxylic acids is 1. The van der Waals surface area contributed by atoms with E-state index in [9.17, 15) is 4.79 Å². The molecule has 0 amide bonds. The van der Waals surface area contributed by atoms with Crippen molar-refractivity contribution in [1.82, 2.24) is 4.98 Å². The summed E-state index contributed by atoms with van der Waals surface area (Å²) in [6.07, 6.45) is -0.0729. The van der Waals surface area contributed by atoms with Gasteiger partial charge < -0.3 is 5.11 Å². The molecule has 0 aliphatic heterocycles. The molecule has 1 N–H and O–H groups in total. The smallest absolute Gasteiger partial charge is 0.307 e. The van der Waals surface area contributed by atoms with Crippen LogP contribution in [0.15, 0.2) is 18.2 Å². The Labute approximate surface area is 108 Å². The number of carbonyl (C=O) groups is 1. The Balaban J connectivity index is 2.77. The fourth-order valence-corrected chi connectivity index (χ4v) is 2.31. The lowest BCUT2D eigenvalue weighted by Gasteiger charge is -2.08. The molecule has 1 aromatic carbocycles. The maximum atomic E-state index is 10.8. The minimum absolute atomic E-state index is 0.0729. The summed E-state index contributed by atoms with van der Waals surface area (Å²) >= 11 is 12.0. The molecule has 0 spiro atoms. The van der Waals surface area contributed by atoms with Crippen molar-refractivity contribution >= 4 is 40.1 Å². The topological polar surface area (TPSA) is 50.2 Å². The first kappa shape index (κ1) is 12.1. The minimum atomic E-state index is -0.895. The first-order valence-electron chi connectivity index (χ1n) is 4.94. The van der Waals surface area contributed by atoms with Gasteiger partial charge in [-0.2, -0.15) is 0 Å². The van der Waals surface area contributed by atoms with Crippen LogP contribution in [0.4, 0.5) is 0 Å². The van der Waals surface area contributed by atoms with Crippen molar-refractivity contribution in [3.63, 3.8) is 0 Å². The summed E-state index contributed by atoms with van der Waals surface area (Å²) in [6, 6.07) is 5.03. The van der Waals surface area contributed by atoms with E-state index in [-0.39, 0.29) is 6.42 Å². The van der Waals surface area contributed by atoms with Gasteiger partial charge in [0.2, 0.25) is 0 Å². The number of halogens is 2. The average molecular weight is 270 g/mol. The molecule has 0 saturated carbocycles. The molecule has 3 nitrogen and oxygen atoms in total. The summed E-state index contributed by atoms with van der Waals surface area (Å²) in [5.41, 5.74) is 2.00. The standard InChI is InChI=1S/C12H9Cl2NO2/c1-6-2-7(3-11(16)17)9-4-8(13)5-10(14)12(9)15-6/h2,4-5H,3H2,1H3,(H,16,17). The van der Waals surface area contributed by atoms with Crippen LogP contribution in [0.3, 0.4) is 0 Å². The number of fused-ring (bicyclic) bond motifs is 1. The average Bonchev–Trinajstić information content (AvgIpc) is 2.19. The maximum absolute atomic E-state index is 10.8. The quantitative estimate of drug-likeness (QED) is 0.908. The molecule has 0 aliphatic carbocycles. The molecular weight excluding hydrogens is 261 g/mol. The molecule has 0 radical (unpaired) electrons.